The van der Waals surface area contributed by atoms with Crippen LogP contribution in [0.3, 0.4) is 0 Å². The van der Waals surface area contributed by atoms with Crippen LogP contribution in [0.2, 0.25) is 5.02 Å². The van der Waals surface area contributed by atoms with Crippen molar-refractivity contribution in [2.75, 3.05) is 10.2 Å². The van der Waals surface area contributed by atoms with E-state index in [4.69, 9.17) is 11.6 Å². The first-order valence-corrected chi connectivity index (χ1v) is 11.0. The predicted molar refractivity (Wildman–Crippen MR) is 131 cm³/mol. The van der Waals surface area contributed by atoms with Crippen LogP contribution in [0.1, 0.15) is 42.0 Å². The molecular weight excluding hydrogens is 420 g/mol. The zero-order chi connectivity index (χ0) is 23.0. The summed E-state index contributed by atoms with van der Waals surface area (Å²) in [5, 5.41) is 3.82. The molecule has 1 N–H and O–H groups in total. The van der Waals surface area contributed by atoms with Gasteiger partial charge in [0.05, 0.1) is 11.3 Å². The lowest BCUT2D eigenvalue weighted by atomic mass is 10.0. The van der Waals surface area contributed by atoms with E-state index in [1.54, 1.807) is 24.3 Å². The fraction of sp³-hybridized carbons (Fsp3) is 0.185. The highest BCUT2D eigenvalue weighted by atomic mass is 35.5. The largest absolute Gasteiger partial charge is 0.350 e. The van der Waals surface area contributed by atoms with Gasteiger partial charge in [0, 0.05) is 10.7 Å². The van der Waals surface area contributed by atoms with Crippen molar-refractivity contribution in [1.29, 1.82) is 0 Å². The third kappa shape index (κ3) is 3.94. The van der Waals surface area contributed by atoms with Crippen LogP contribution in [-0.4, -0.2) is 11.8 Å². The quantitative estimate of drug-likeness (QED) is 0.458. The number of carbonyl (C=O) groups excluding carboxylic acids is 2. The predicted octanol–water partition coefficient (Wildman–Crippen LogP) is 6.48. The van der Waals surface area contributed by atoms with E-state index in [0.717, 1.165) is 22.4 Å². The summed E-state index contributed by atoms with van der Waals surface area (Å²) >= 11 is 6.06. The van der Waals surface area contributed by atoms with E-state index in [1.165, 1.54) is 4.90 Å². The summed E-state index contributed by atoms with van der Waals surface area (Å²) in [6.07, 6.45) is 0. The fourth-order valence-electron chi connectivity index (χ4n) is 3.79. The highest BCUT2D eigenvalue weighted by molar-refractivity contribution is 6.46. The summed E-state index contributed by atoms with van der Waals surface area (Å²) in [6, 6.07) is 20.4. The van der Waals surface area contributed by atoms with Crippen LogP contribution in [0, 0.1) is 13.8 Å². The molecule has 0 fully saturated rings. The molecule has 5 heteroatoms. The first-order valence-electron chi connectivity index (χ1n) is 10.6. The topological polar surface area (TPSA) is 49.4 Å². The van der Waals surface area contributed by atoms with Crippen LogP contribution in [-0.2, 0) is 9.59 Å². The van der Waals surface area contributed by atoms with E-state index in [-0.39, 0.29) is 17.5 Å². The van der Waals surface area contributed by atoms with Crippen LogP contribution >= 0.6 is 11.6 Å². The Morgan fingerprint density at radius 1 is 0.844 bits per heavy atom. The Labute approximate surface area is 193 Å². The van der Waals surface area contributed by atoms with E-state index in [0.29, 0.717) is 27.8 Å². The number of hydrogen-bond donors (Lipinski definition) is 1. The van der Waals surface area contributed by atoms with Crippen LogP contribution in [0.15, 0.2) is 72.4 Å². The average molecular weight is 445 g/mol. The van der Waals surface area contributed by atoms with Crippen molar-refractivity contribution in [1.82, 2.24) is 0 Å². The fourth-order valence-corrected chi connectivity index (χ4v) is 3.92. The summed E-state index contributed by atoms with van der Waals surface area (Å²) < 4.78 is 0. The molecule has 2 amide bonds. The van der Waals surface area contributed by atoms with E-state index in [9.17, 15) is 9.59 Å². The van der Waals surface area contributed by atoms with Gasteiger partial charge in [-0.1, -0.05) is 61.8 Å². The first kappa shape index (κ1) is 21.8. The van der Waals surface area contributed by atoms with E-state index < -0.39 is 0 Å². The Bertz CT molecular complexity index is 1230. The van der Waals surface area contributed by atoms with Crippen LogP contribution in [0.25, 0.3) is 5.57 Å². The molecule has 1 aliphatic rings. The summed E-state index contributed by atoms with van der Waals surface area (Å²) in [6.45, 7) is 8.21. The van der Waals surface area contributed by atoms with Crippen molar-refractivity contribution < 1.29 is 9.59 Å². The van der Waals surface area contributed by atoms with Gasteiger partial charge in [-0.05, 0) is 72.4 Å². The molecule has 1 heterocycles. The number of anilines is 2. The molecule has 3 aromatic carbocycles. The molecular formula is C27H25ClN2O2. The molecule has 0 saturated heterocycles. The molecule has 0 radical (unpaired) electrons. The third-order valence-electron chi connectivity index (χ3n) is 5.90. The standard InChI is InChI=1S/C27H25ClN2O2/c1-16(2)19-10-14-22(15-11-19)30-26(31)24(20-8-12-21(28)13-9-20)25(27(30)32)29-23-7-5-6-17(3)18(23)4/h5-16,29H,1-4H3. The normalized spacial score (nSPS) is 14.0. The van der Waals surface area contributed by atoms with Gasteiger partial charge in [0.2, 0.25) is 0 Å². The molecule has 0 aromatic heterocycles. The lowest BCUT2D eigenvalue weighted by Crippen LogP contribution is -2.32. The summed E-state index contributed by atoms with van der Waals surface area (Å²) in [7, 11) is 0. The average Bonchev–Trinajstić information content (AvgIpc) is 3.01. The number of rotatable bonds is 5. The molecule has 0 saturated carbocycles. The maximum absolute atomic E-state index is 13.5. The molecule has 0 atom stereocenters. The van der Waals surface area contributed by atoms with Crippen molar-refractivity contribution in [2.24, 2.45) is 0 Å². The van der Waals surface area contributed by atoms with E-state index in [1.807, 2.05) is 56.3 Å². The summed E-state index contributed by atoms with van der Waals surface area (Å²) in [5.41, 5.74) is 5.85. The maximum Gasteiger partial charge on any atom is 0.282 e. The van der Waals surface area contributed by atoms with E-state index in [2.05, 4.69) is 19.2 Å². The number of halogens is 1. The molecule has 32 heavy (non-hydrogen) atoms. The minimum atomic E-state index is -0.377. The minimum Gasteiger partial charge on any atom is -0.350 e. The SMILES string of the molecule is Cc1cccc(NC2=C(c3ccc(Cl)cc3)C(=O)N(c3ccc(C(C)C)cc3)C2=O)c1C. The number of carbonyl (C=O) groups is 2. The third-order valence-corrected chi connectivity index (χ3v) is 6.15. The second-order valence-corrected chi connectivity index (χ2v) is 8.76. The van der Waals surface area contributed by atoms with E-state index >= 15 is 0 Å². The number of amides is 2. The molecule has 4 rings (SSSR count). The number of benzene rings is 3. The van der Waals surface area contributed by atoms with Gasteiger partial charge in [-0.3, -0.25) is 9.59 Å². The molecule has 0 spiro atoms. The minimum absolute atomic E-state index is 0.263. The highest BCUT2D eigenvalue weighted by Gasteiger charge is 2.40. The second-order valence-electron chi connectivity index (χ2n) is 8.32. The Morgan fingerprint density at radius 3 is 2.12 bits per heavy atom. The van der Waals surface area contributed by atoms with Gasteiger partial charge >= 0.3 is 0 Å². The van der Waals surface area contributed by atoms with Crippen molar-refractivity contribution in [3.8, 4) is 0 Å². The maximum atomic E-state index is 13.5. The Kier molecular flexibility index (Phi) is 5.90. The van der Waals surface area contributed by atoms with Gasteiger partial charge in [0.15, 0.2) is 0 Å². The number of nitrogens with one attached hydrogen (secondary N) is 1. The Morgan fingerprint density at radius 2 is 1.50 bits per heavy atom. The second kappa shape index (κ2) is 8.64. The zero-order valence-electron chi connectivity index (χ0n) is 18.6. The van der Waals surface area contributed by atoms with Crippen LogP contribution in [0.5, 0.6) is 0 Å². The van der Waals surface area contributed by atoms with Crippen molar-refractivity contribution in [2.45, 2.75) is 33.6 Å². The van der Waals surface area contributed by atoms with Crippen LogP contribution in [0.4, 0.5) is 11.4 Å². The molecule has 0 bridgehead atoms. The lowest BCUT2D eigenvalue weighted by Gasteiger charge is -2.17. The van der Waals surface area contributed by atoms with Crippen molar-refractivity contribution in [3.63, 3.8) is 0 Å². The molecule has 0 unspecified atom stereocenters. The lowest BCUT2D eigenvalue weighted by molar-refractivity contribution is -0.120. The molecule has 1 aliphatic heterocycles. The number of hydrogen-bond acceptors (Lipinski definition) is 3. The van der Waals surface area contributed by atoms with Gasteiger partial charge in [0.1, 0.15) is 5.70 Å². The molecule has 4 nitrogen and oxygen atoms in total. The van der Waals surface area contributed by atoms with Crippen LogP contribution < -0.4 is 10.2 Å². The summed E-state index contributed by atoms with van der Waals surface area (Å²) in [5.74, 6) is -0.376. The monoisotopic (exact) mass is 444 g/mol. The number of nitrogens with zero attached hydrogens (tertiary/aromatic N) is 1. The van der Waals surface area contributed by atoms with Gasteiger partial charge in [-0.2, -0.15) is 0 Å². The summed E-state index contributed by atoms with van der Waals surface area (Å²) in [4.78, 5) is 28.3. The smallest absolute Gasteiger partial charge is 0.282 e. The van der Waals surface area contributed by atoms with Gasteiger partial charge in [-0.15, -0.1) is 0 Å². The zero-order valence-corrected chi connectivity index (χ0v) is 19.3. The number of aryl methyl sites for hydroxylation is 1. The number of imide groups is 1. The van der Waals surface area contributed by atoms with Gasteiger partial charge < -0.3 is 5.32 Å². The van der Waals surface area contributed by atoms with Crippen molar-refractivity contribution >= 4 is 40.4 Å². The molecule has 3 aromatic rings. The first-order chi connectivity index (χ1) is 15.3. The van der Waals surface area contributed by atoms with Gasteiger partial charge in [-0.25, -0.2) is 4.90 Å². The Balaban J connectivity index is 1.81. The Hall–Kier alpha value is -3.37. The van der Waals surface area contributed by atoms with Crippen molar-refractivity contribution in [3.05, 3.63) is 99.7 Å². The molecule has 162 valence electrons. The molecule has 0 aliphatic carbocycles. The highest BCUT2D eigenvalue weighted by Crippen LogP contribution is 2.35. The van der Waals surface area contributed by atoms with Gasteiger partial charge in [0.25, 0.3) is 11.8 Å².